The van der Waals surface area contributed by atoms with Crippen molar-refractivity contribution >= 4 is 40.5 Å². The normalized spacial score (nSPS) is 10.9. The van der Waals surface area contributed by atoms with Gasteiger partial charge in [-0.3, -0.25) is 10.1 Å². The van der Waals surface area contributed by atoms with Gasteiger partial charge in [0.1, 0.15) is 0 Å². The van der Waals surface area contributed by atoms with Crippen LogP contribution in [-0.4, -0.2) is 19.1 Å². The maximum atomic E-state index is 11.4. The minimum atomic E-state index is -0.558. The van der Waals surface area contributed by atoms with Gasteiger partial charge in [-0.15, -0.1) is 0 Å². The van der Waals surface area contributed by atoms with E-state index in [0.29, 0.717) is 16.3 Å². The molecule has 0 unspecified atom stereocenters. The van der Waals surface area contributed by atoms with Crippen LogP contribution in [0.2, 0.25) is 10.0 Å². The summed E-state index contributed by atoms with van der Waals surface area (Å²) in [5, 5.41) is 21.4. The van der Waals surface area contributed by atoms with Gasteiger partial charge in [0.15, 0.2) is 11.5 Å². The van der Waals surface area contributed by atoms with E-state index in [1.807, 2.05) is 6.07 Å². The molecule has 0 N–H and O–H groups in total. The minimum absolute atomic E-state index is 0.189. The second kappa shape index (κ2) is 7.88. The molecule has 0 radical (unpaired) electrons. The topological polar surface area (TPSA) is 85.4 Å². The highest BCUT2D eigenvalue weighted by Gasteiger charge is 2.19. The largest absolute Gasteiger partial charge is 0.493 e. The van der Waals surface area contributed by atoms with Gasteiger partial charge in [0, 0.05) is 0 Å². The number of nitrogens with zero attached hydrogens (tertiary/aromatic N) is 2. The second-order valence-corrected chi connectivity index (χ2v) is 5.64. The van der Waals surface area contributed by atoms with Gasteiger partial charge in [-0.1, -0.05) is 29.3 Å². The minimum Gasteiger partial charge on any atom is -0.493 e. The summed E-state index contributed by atoms with van der Waals surface area (Å²) in [4.78, 5) is 10.8. The molecule has 0 amide bonds. The van der Waals surface area contributed by atoms with E-state index in [4.69, 9.17) is 32.7 Å². The summed E-state index contributed by atoms with van der Waals surface area (Å²) < 4.78 is 10.2. The van der Waals surface area contributed by atoms with Gasteiger partial charge >= 0.3 is 0 Å². The van der Waals surface area contributed by atoms with Crippen molar-refractivity contribution in [2.24, 2.45) is 0 Å². The molecule has 0 atom stereocenters. The van der Waals surface area contributed by atoms with Crippen LogP contribution >= 0.6 is 23.2 Å². The summed E-state index contributed by atoms with van der Waals surface area (Å²) in [5.74, 6) is 0.533. The molecule has 2 aromatic rings. The fraction of sp³-hybridized carbons (Fsp3) is 0.118. The lowest BCUT2D eigenvalue weighted by molar-refractivity contribution is -0.385. The van der Waals surface area contributed by atoms with Crippen molar-refractivity contribution in [3.05, 3.63) is 61.6 Å². The summed E-state index contributed by atoms with van der Waals surface area (Å²) in [5.41, 5.74) is 0.658. The van der Waals surface area contributed by atoms with Gasteiger partial charge in [0.25, 0.3) is 5.69 Å². The number of methoxy groups -OCH3 is 2. The summed E-state index contributed by atoms with van der Waals surface area (Å²) in [7, 11) is 2.80. The van der Waals surface area contributed by atoms with E-state index in [0.717, 1.165) is 0 Å². The molecule has 0 spiro atoms. The molecule has 128 valence electrons. The SMILES string of the molecule is COc1cc(/C=C(\C#N)c2ccc(Cl)c(Cl)c2)c([N+](=O)[O-])cc1OC. The number of ether oxygens (including phenoxy) is 2. The Morgan fingerprint density at radius 2 is 1.80 bits per heavy atom. The van der Waals surface area contributed by atoms with Crippen molar-refractivity contribution in [1.82, 2.24) is 0 Å². The first kappa shape index (κ1) is 18.6. The summed E-state index contributed by atoms with van der Waals surface area (Å²) >= 11 is 11.8. The third-order valence-corrected chi connectivity index (χ3v) is 4.12. The summed E-state index contributed by atoms with van der Waals surface area (Å²) in [6.07, 6.45) is 1.39. The molecule has 8 heteroatoms. The van der Waals surface area contributed by atoms with Crippen LogP contribution < -0.4 is 9.47 Å². The number of nitro groups is 1. The predicted octanol–water partition coefficient (Wildman–Crippen LogP) is 4.98. The third-order valence-electron chi connectivity index (χ3n) is 3.38. The monoisotopic (exact) mass is 378 g/mol. The molecule has 0 saturated carbocycles. The fourth-order valence-electron chi connectivity index (χ4n) is 2.16. The number of hydrogen-bond acceptors (Lipinski definition) is 5. The molecule has 0 aromatic heterocycles. The van der Waals surface area contributed by atoms with Crippen molar-refractivity contribution < 1.29 is 14.4 Å². The maximum absolute atomic E-state index is 11.4. The zero-order valence-electron chi connectivity index (χ0n) is 13.2. The van der Waals surface area contributed by atoms with Gasteiger partial charge in [-0.2, -0.15) is 5.26 Å². The fourth-order valence-corrected chi connectivity index (χ4v) is 2.46. The van der Waals surface area contributed by atoms with Crippen LogP contribution in [0.25, 0.3) is 11.6 Å². The van der Waals surface area contributed by atoms with Crippen molar-refractivity contribution in [3.63, 3.8) is 0 Å². The molecule has 25 heavy (non-hydrogen) atoms. The number of nitro benzene ring substituents is 1. The van der Waals surface area contributed by atoms with Gasteiger partial charge in [-0.05, 0) is 29.8 Å². The average molecular weight is 379 g/mol. The number of halogens is 2. The van der Waals surface area contributed by atoms with E-state index in [-0.39, 0.29) is 27.6 Å². The first-order chi connectivity index (χ1) is 11.9. The third kappa shape index (κ3) is 4.02. The van der Waals surface area contributed by atoms with E-state index in [1.54, 1.807) is 12.1 Å². The summed E-state index contributed by atoms with van der Waals surface area (Å²) in [6, 6.07) is 9.37. The highest BCUT2D eigenvalue weighted by molar-refractivity contribution is 6.42. The van der Waals surface area contributed by atoms with Crippen molar-refractivity contribution in [2.75, 3.05) is 14.2 Å². The maximum Gasteiger partial charge on any atom is 0.280 e. The lowest BCUT2D eigenvalue weighted by Crippen LogP contribution is -1.97. The lowest BCUT2D eigenvalue weighted by atomic mass is 10.0. The van der Waals surface area contributed by atoms with Crippen LogP contribution in [0.3, 0.4) is 0 Å². The molecule has 2 rings (SSSR count). The van der Waals surface area contributed by atoms with Crippen LogP contribution in [0, 0.1) is 21.4 Å². The first-order valence-corrected chi connectivity index (χ1v) is 7.64. The van der Waals surface area contributed by atoms with Gasteiger partial charge in [0.2, 0.25) is 0 Å². The standard InChI is InChI=1S/C17H12Cl2N2O4/c1-24-16-7-11(15(21(22)23)8-17(16)25-2)5-12(9-20)10-3-4-13(18)14(19)6-10/h3-8H,1-2H3/b12-5+. The van der Waals surface area contributed by atoms with Crippen LogP contribution in [-0.2, 0) is 0 Å². The Kier molecular flexibility index (Phi) is 5.86. The van der Waals surface area contributed by atoms with E-state index in [2.05, 4.69) is 0 Å². The van der Waals surface area contributed by atoms with Crippen LogP contribution in [0.1, 0.15) is 11.1 Å². The Labute approximate surface area is 154 Å². The molecule has 0 saturated heterocycles. The molecular formula is C17H12Cl2N2O4. The Bertz CT molecular complexity index is 904. The molecule has 6 nitrogen and oxygen atoms in total. The van der Waals surface area contributed by atoms with E-state index in [1.165, 1.54) is 38.5 Å². The lowest BCUT2D eigenvalue weighted by Gasteiger charge is -2.09. The molecule has 2 aromatic carbocycles. The Balaban J connectivity index is 2.65. The van der Waals surface area contributed by atoms with Gasteiger partial charge < -0.3 is 9.47 Å². The van der Waals surface area contributed by atoms with Gasteiger partial charge in [-0.25, -0.2) is 0 Å². The number of benzene rings is 2. The van der Waals surface area contributed by atoms with Crippen molar-refractivity contribution in [2.45, 2.75) is 0 Å². The molecular weight excluding hydrogens is 367 g/mol. The molecule has 0 heterocycles. The van der Waals surface area contributed by atoms with Crippen LogP contribution in [0.15, 0.2) is 30.3 Å². The van der Waals surface area contributed by atoms with E-state index < -0.39 is 4.92 Å². The molecule has 0 aliphatic heterocycles. The number of rotatable bonds is 5. The zero-order valence-corrected chi connectivity index (χ0v) is 14.8. The quantitative estimate of drug-likeness (QED) is 0.316. The van der Waals surface area contributed by atoms with Crippen LogP contribution in [0.5, 0.6) is 11.5 Å². The number of nitriles is 1. The molecule has 0 aliphatic carbocycles. The zero-order chi connectivity index (χ0) is 18.6. The predicted molar refractivity (Wildman–Crippen MR) is 96.1 cm³/mol. The van der Waals surface area contributed by atoms with E-state index >= 15 is 0 Å². The highest BCUT2D eigenvalue weighted by atomic mass is 35.5. The smallest absolute Gasteiger partial charge is 0.280 e. The highest BCUT2D eigenvalue weighted by Crippen LogP contribution is 2.36. The van der Waals surface area contributed by atoms with Crippen molar-refractivity contribution in [1.29, 1.82) is 5.26 Å². The molecule has 0 bridgehead atoms. The van der Waals surface area contributed by atoms with Crippen LogP contribution in [0.4, 0.5) is 5.69 Å². The van der Waals surface area contributed by atoms with E-state index in [9.17, 15) is 15.4 Å². The number of hydrogen-bond donors (Lipinski definition) is 0. The molecule has 0 aliphatic rings. The van der Waals surface area contributed by atoms with Crippen molar-refractivity contribution in [3.8, 4) is 17.6 Å². The Morgan fingerprint density at radius 1 is 1.16 bits per heavy atom. The first-order valence-electron chi connectivity index (χ1n) is 6.89. The Morgan fingerprint density at radius 3 is 2.32 bits per heavy atom. The average Bonchev–Trinajstić information content (AvgIpc) is 2.61. The van der Waals surface area contributed by atoms with Gasteiger partial charge in [0.05, 0.1) is 52.5 Å². The second-order valence-electron chi connectivity index (χ2n) is 4.82. The summed E-state index contributed by atoms with van der Waals surface area (Å²) in [6.45, 7) is 0. The number of allylic oxidation sites excluding steroid dienone is 1. The molecule has 0 fully saturated rings. The Hall–Kier alpha value is -2.75.